The molecule has 2 N–H and O–H groups in total. The maximum Gasteiger partial charge on any atom is 0.0791 e. The summed E-state index contributed by atoms with van der Waals surface area (Å²) in [5.41, 5.74) is 0. The van der Waals surface area contributed by atoms with Gasteiger partial charge in [-0.15, -0.1) is 0 Å². The second-order valence-electron chi connectivity index (χ2n) is 4.94. The van der Waals surface area contributed by atoms with Crippen molar-refractivity contribution < 1.29 is 5.11 Å². The van der Waals surface area contributed by atoms with Crippen LogP contribution < -0.4 is 5.32 Å². The van der Waals surface area contributed by atoms with Gasteiger partial charge in [-0.25, -0.2) is 0 Å². The first-order valence-corrected chi connectivity index (χ1v) is 6.26. The molecule has 0 saturated carbocycles. The first kappa shape index (κ1) is 12.9. The molecule has 3 unspecified atom stereocenters. The topological polar surface area (TPSA) is 35.5 Å². The van der Waals surface area contributed by atoms with Crippen LogP contribution in [-0.2, 0) is 0 Å². The molecular formula is C12H26N2O. The Kier molecular flexibility index (Phi) is 5.58. The molecule has 0 aromatic heterocycles. The Balaban J connectivity index is 2.25. The maximum absolute atomic E-state index is 9.81. The number of aliphatic hydroxyl groups excluding tert-OH is 1. The summed E-state index contributed by atoms with van der Waals surface area (Å²) in [7, 11) is 0. The van der Waals surface area contributed by atoms with E-state index in [4.69, 9.17) is 0 Å². The number of hydrogen-bond acceptors (Lipinski definition) is 3. The Bertz CT molecular complexity index is 175. The minimum Gasteiger partial charge on any atom is -0.390 e. The number of nitrogens with one attached hydrogen (secondary N) is 1. The summed E-state index contributed by atoms with van der Waals surface area (Å²) >= 11 is 0. The Labute approximate surface area is 93.9 Å². The molecule has 15 heavy (non-hydrogen) atoms. The molecule has 3 nitrogen and oxygen atoms in total. The van der Waals surface area contributed by atoms with Crippen LogP contribution in [0.15, 0.2) is 0 Å². The molecule has 0 aromatic rings. The van der Waals surface area contributed by atoms with Crippen molar-refractivity contribution in [2.75, 3.05) is 26.2 Å². The number of aliphatic hydroxyl groups is 1. The van der Waals surface area contributed by atoms with Crippen LogP contribution in [-0.4, -0.2) is 48.3 Å². The molecule has 1 rings (SSSR count). The lowest BCUT2D eigenvalue weighted by molar-refractivity contribution is 0.0606. The molecule has 90 valence electrons. The normalized spacial score (nSPS) is 30.4. The molecule has 3 heteroatoms. The average Bonchev–Trinajstić information content (AvgIpc) is 2.19. The van der Waals surface area contributed by atoms with Crippen molar-refractivity contribution in [3.63, 3.8) is 0 Å². The van der Waals surface area contributed by atoms with Crippen molar-refractivity contribution in [3.8, 4) is 0 Å². The quantitative estimate of drug-likeness (QED) is 0.719. The monoisotopic (exact) mass is 214 g/mol. The van der Waals surface area contributed by atoms with E-state index in [1.54, 1.807) is 0 Å². The van der Waals surface area contributed by atoms with E-state index in [0.717, 1.165) is 32.1 Å². The summed E-state index contributed by atoms with van der Waals surface area (Å²) in [5.74, 6) is 0.849. The zero-order valence-corrected chi connectivity index (χ0v) is 10.4. The maximum atomic E-state index is 9.81. The summed E-state index contributed by atoms with van der Waals surface area (Å²) in [6.45, 7) is 10.3. The second kappa shape index (κ2) is 6.46. The average molecular weight is 214 g/mol. The molecule has 0 aromatic carbocycles. The molecule has 0 aliphatic carbocycles. The standard InChI is InChI=1S/C12H26N2O/c1-4-13-8-12(15)9-14-6-5-10(2)7-11(14)3/h10-13,15H,4-9H2,1-3H3. The fraction of sp³-hybridized carbons (Fsp3) is 1.00. The molecule has 1 fully saturated rings. The lowest BCUT2D eigenvalue weighted by Gasteiger charge is -2.37. The predicted octanol–water partition coefficient (Wildman–Crippen LogP) is 1.08. The molecule has 1 saturated heterocycles. The van der Waals surface area contributed by atoms with E-state index in [2.05, 4.69) is 31.0 Å². The van der Waals surface area contributed by atoms with Crippen LogP contribution in [0, 0.1) is 5.92 Å². The Morgan fingerprint density at radius 3 is 2.80 bits per heavy atom. The zero-order valence-electron chi connectivity index (χ0n) is 10.4. The smallest absolute Gasteiger partial charge is 0.0791 e. The van der Waals surface area contributed by atoms with Gasteiger partial charge in [0.2, 0.25) is 0 Å². The number of hydrogen-bond donors (Lipinski definition) is 2. The lowest BCUT2D eigenvalue weighted by Crippen LogP contribution is -2.46. The molecule has 0 bridgehead atoms. The van der Waals surface area contributed by atoms with Gasteiger partial charge in [0.25, 0.3) is 0 Å². The van der Waals surface area contributed by atoms with Crippen LogP contribution in [0.4, 0.5) is 0 Å². The van der Waals surface area contributed by atoms with Crippen LogP contribution in [0.25, 0.3) is 0 Å². The van der Waals surface area contributed by atoms with Gasteiger partial charge >= 0.3 is 0 Å². The predicted molar refractivity (Wildman–Crippen MR) is 64.0 cm³/mol. The van der Waals surface area contributed by atoms with Gasteiger partial charge in [-0.3, -0.25) is 4.90 Å². The third kappa shape index (κ3) is 4.49. The second-order valence-corrected chi connectivity index (χ2v) is 4.94. The van der Waals surface area contributed by atoms with E-state index in [0.29, 0.717) is 6.04 Å². The number of piperidine rings is 1. The number of rotatable bonds is 5. The van der Waals surface area contributed by atoms with Crippen LogP contribution >= 0.6 is 0 Å². The highest BCUT2D eigenvalue weighted by Crippen LogP contribution is 2.21. The van der Waals surface area contributed by atoms with E-state index >= 15 is 0 Å². The zero-order chi connectivity index (χ0) is 11.3. The Hall–Kier alpha value is -0.120. The summed E-state index contributed by atoms with van der Waals surface area (Å²) in [5, 5.41) is 13.0. The minimum atomic E-state index is -0.221. The van der Waals surface area contributed by atoms with E-state index < -0.39 is 0 Å². The third-order valence-corrected chi connectivity index (χ3v) is 3.35. The molecule has 0 spiro atoms. The van der Waals surface area contributed by atoms with Gasteiger partial charge in [0, 0.05) is 19.1 Å². The molecule has 1 heterocycles. The van der Waals surface area contributed by atoms with Crippen LogP contribution in [0.5, 0.6) is 0 Å². The van der Waals surface area contributed by atoms with E-state index in [1.807, 2.05) is 0 Å². The minimum absolute atomic E-state index is 0.221. The fourth-order valence-corrected chi connectivity index (χ4v) is 2.37. The number of likely N-dealkylation sites (tertiary alicyclic amines) is 1. The molecule has 0 radical (unpaired) electrons. The van der Waals surface area contributed by atoms with Gasteiger partial charge in [0.05, 0.1) is 6.10 Å². The van der Waals surface area contributed by atoms with Crippen molar-refractivity contribution >= 4 is 0 Å². The lowest BCUT2D eigenvalue weighted by atomic mass is 9.93. The van der Waals surface area contributed by atoms with Crippen molar-refractivity contribution in [2.45, 2.75) is 45.8 Å². The highest BCUT2D eigenvalue weighted by molar-refractivity contribution is 4.79. The summed E-state index contributed by atoms with van der Waals surface area (Å²) in [4.78, 5) is 2.42. The largest absolute Gasteiger partial charge is 0.390 e. The van der Waals surface area contributed by atoms with Gasteiger partial charge in [-0.1, -0.05) is 13.8 Å². The van der Waals surface area contributed by atoms with E-state index in [-0.39, 0.29) is 6.10 Å². The Morgan fingerprint density at radius 2 is 2.20 bits per heavy atom. The van der Waals surface area contributed by atoms with E-state index in [9.17, 15) is 5.11 Å². The van der Waals surface area contributed by atoms with Crippen molar-refractivity contribution in [1.29, 1.82) is 0 Å². The number of nitrogens with zero attached hydrogens (tertiary/aromatic N) is 1. The highest BCUT2D eigenvalue weighted by Gasteiger charge is 2.24. The SMILES string of the molecule is CCNCC(O)CN1CCC(C)CC1C. The van der Waals surface area contributed by atoms with Gasteiger partial charge < -0.3 is 10.4 Å². The van der Waals surface area contributed by atoms with Gasteiger partial charge in [0.1, 0.15) is 0 Å². The Morgan fingerprint density at radius 1 is 1.47 bits per heavy atom. The highest BCUT2D eigenvalue weighted by atomic mass is 16.3. The third-order valence-electron chi connectivity index (χ3n) is 3.35. The van der Waals surface area contributed by atoms with Crippen LogP contribution in [0.3, 0.4) is 0 Å². The van der Waals surface area contributed by atoms with Crippen molar-refractivity contribution in [1.82, 2.24) is 10.2 Å². The molecule has 1 aliphatic heterocycles. The fourth-order valence-electron chi connectivity index (χ4n) is 2.37. The van der Waals surface area contributed by atoms with Gasteiger partial charge in [-0.2, -0.15) is 0 Å². The first-order valence-electron chi connectivity index (χ1n) is 6.26. The van der Waals surface area contributed by atoms with E-state index in [1.165, 1.54) is 12.8 Å². The van der Waals surface area contributed by atoms with Crippen molar-refractivity contribution in [2.24, 2.45) is 5.92 Å². The molecule has 0 amide bonds. The van der Waals surface area contributed by atoms with Crippen LogP contribution in [0.1, 0.15) is 33.6 Å². The van der Waals surface area contributed by atoms with Gasteiger partial charge in [-0.05, 0) is 38.8 Å². The van der Waals surface area contributed by atoms with Crippen LogP contribution in [0.2, 0.25) is 0 Å². The summed E-state index contributed by atoms with van der Waals surface area (Å²) < 4.78 is 0. The number of β-amino-alcohol motifs (C(OH)–C–C–N with tert-alkyl or cyclic N) is 1. The summed E-state index contributed by atoms with van der Waals surface area (Å²) in [6.07, 6.45) is 2.33. The first-order chi connectivity index (χ1) is 7.13. The molecular weight excluding hydrogens is 188 g/mol. The van der Waals surface area contributed by atoms with Crippen molar-refractivity contribution in [3.05, 3.63) is 0 Å². The molecule has 1 aliphatic rings. The summed E-state index contributed by atoms with van der Waals surface area (Å²) in [6, 6.07) is 0.630. The van der Waals surface area contributed by atoms with Gasteiger partial charge in [0.15, 0.2) is 0 Å². The number of likely N-dealkylation sites (N-methyl/N-ethyl adjacent to an activating group) is 1. The molecule has 3 atom stereocenters.